The van der Waals surface area contributed by atoms with Crippen LogP contribution in [0.25, 0.3) is 0 Å². The van der Waals surface area contributed by atoms with Crippen LogP contribution in [0.1, 0.15) is 26.2 Å². The summed E-state index contributed by atoms with van der Waals surface area (Å²) in [6, 6.07) is 4.60. The Kier molecular flexibility index (Phi) is 5.12. The highest BCUT2D eigenvalue weighted by molar-refractivity contribution is 7.87. The number of hydrogen-bond donors (Lipinski definition) is 1. The van der Waals surface area contributed by atoms with E-state index in [1.807, 2.05) is 17.9 Å². The van der Waals surface area contributed by atoms with Gasteiger partial charge in [-0.05, 0) is 44.2 Å². The maximum absolute atomic E-state index is 14.2. The summed E-state index contributed by atoms with van der Waals surface area (Å²) >= 11 is 0. The van der Waals surface area contributed by atoms with Crippen molar-refractivity contribution < 1.29 is 22.1 Å². The third-order valence-corrected chi connectivity index (χ3v) is 7.13. The molecule has 0 aromatic heterocycles. The fourth-order valence-electron chi connectivity index (χ4n) is 3.90. The molecule has 7 heteroatoms. The summed E-state index contributed by atoms with van der Waals surface area (Å²) in [5.41, 5.74) is 1.44. The fourth-order valence-corrected chi connectivity index (χ4v) is 5.10. The summed E-state index contributed by atoms with van der Waals surface area (Å²) < 4.78 is 52.4. The van der Waals surface area contributed by atoms with Gasteiger partial charge in [-0.25, -0.2) is 4.39 Å². The lowest BCUT2D eigenvalue weighted by molar-refractivity contribution is 0.310. The maximum Gasteiger partial charge on any atom is 0.274 e. The zero-order valence-electron chi connectivity index (χ0n) is 15.0. The predicted molar refractivity (Wildman–Crippen MR) is 99.7 cm³/mol. The van der Waals surface area contributed by atoms with Crippen molar-refractivity contribution in [3.8, 4) is 5.75 Å². The van der Waals surface area contributed by atoms with Crippen LogP contribution in [0, 0.1) is 11.7 Å². The number of rotatable bonds is 4. The van der Waals surface area contributed by atoms with Gasteiger partial charge in [0.05, 0.1) is 12.8 Å². The topological polar surface area (TPSA) is 66.8 Å². The molecule has 1 aromatic rings. The normalized spacial score (nSPS) is 24.5. The molecule has 0 spiro atoms. The summed E-state index contributed by atoms with van der Waals surface area (Å²) in [7, 11) is -2.72. The molecule has 1 aromatic carbocycles. The second-order valence-electron chi connectivity index (χ2n) is 6.99. The largest absolute Gasteiger partial charge is 0.497 e. The van der Waals surface area contributed by atoms with E-state index in [2.05, 4.69) is 0 Å². The number of nitrogens with zero attached hydrogens (tertiary/aromatic N) is 1. The zero-order valence-corrected chi connectivity index (χ0v) is 15.8. The summed E-state index contributed by atoms with van der Waals surface area (Å²) in [6.45, 7) is 2.93. The van der Waals surface area contributed by atoms with E-state index in [0.29, 0.717) is 37.4 Å². The molecule has 142 valence electrons. The van der Waals surface area contributed by atoms with Crippen molar-refractivity contribution in [3.63, 3.8) is 0 Å². The molecule has 0 radical (unpaired) electrons. The van der Waals surface area contributed by atoms with E-state index in [-0.39, 0.29) is 18.2 Å². The molecule has 1 fully saturated rings. The third-order valence-electron chi connectivity index (χ3n) is 5.53. The van der Waals surface area contributed by atoms with E-state index < -0.39 is 14.9 Å². The Morgan fingerprint density at radius 3 is 2.54 bits per heavy atom. The van der Waals surface area contributed by atoms with Gasteiger partial charge in [0.1, 0.15) is 16.3 Å². The van der Waals surface area contributed by atoms with Gasteiger partial charge in [-0.15, -0.1) is 0 Å². The van der Waals surface area contributed by atoms with E-state index >= 15 is 0 Å². The molecule has 0 amide bonds. The number of allylic oxidation sites excluding steroid dienone is 3. The lowest BCUT2D eigenvalue weighted by Gasteiger charge is -2.42. The molecule has 2 aliphatic rings. The lowest BCUT2D eigenvalue weighted by Crippen LogP contribution is -2.49. The molecule has 1 N–H and O–H groups in total. The smallest absolute Gasteiger partial charge is 0.274 e. The Morgan fingerprint density at radius 1 is 1.31 bits per heavy atom. The van der Waals surface area contributed by atoms with Crippen LogP contribution in [0.3, 0.4) is 0 Å². The van der Waals surface area contributed by atoms with Gasteiger partial charge in [0.15, 0.2) is 0 Å². The van der Waals surface area contributed by atoms with Crippen molar-refractivity contribution in [2.45, 2.75) is 30.9 Å². The molecular formula is C19H24FNO4S. The van der Waals surface area contributed by atoms with Crippen molar-refractivity contribution in [2.24, 2.45) is 5.92 Å². The van der Waals surface area contributed by atoms with Crippen molar-refractivity contribution in [1.82, 2.24) is 0 Å². The second kappa shape index (κ2) is 7.04. The zero-order chi connectivity index (χ0) is 18.9. The summed E-state index contributed by atoms with van der Waals surface area (Å²) in [5, 5.41) is 0. The first kappa shape index (κ1) is 18.9. The standard InChI is InChI=1S/C19H24FNO4S/c1-14-5-9-19(10-6-14,26(22,23)24)15-7-11-21(12-8-15)18-13-16(25-2)3-4-17(18)20/h3-6,9,13,15H,7-8,10-12H2,1-2H3,(H,22,23,24). The number of halogens is 1. The Bertz CT molecular complexity index is 841. The molecule has 1 aliphatic heterocycles. The lowest BCUT2D eigenvalue weighted by atomic mass is 9.79. The van der Waals surface area contributed by atoms with Crippen LogP contribution >= 0.6 is 0 Å². The number of piperidine rings is 1. The predicted octanol–water partition coefficient (Wildman–Crippen LogP) is 3.58. The van der Waals surface area contributed by atoms with Crippen LogP contribution in [-0.2, 0) is 10.1 Å². The first-order valence-corrected chi connectivity index (χ1v) is 10.1. The highest BCUT2D eigenvalue weighted by Crippen LogP contribution is 2.42. The van der Waals surface area contributed by atoms with Gasteiger partial charge in [0, 0.05) is 19.2 Å². The molecule has 0 bridgehead atoms. The van der Waals surface area contributed by atoms with Crippen LogP contribution in [0.2, 0.25) is 0 Å². The molecule has 1 atom stereocenters. The van der Waals surface area contributed by atoms with E-state index in [9.17, 15) is 17.4 Å². The van der Waals surface area contributed by atoms with Crippen LogP contribution in [0.5, 0.6) is 5.75 Å². The van der Waals surface area contributed by atoms with Crippen LogP contribution in [0.4, 0.5) is 10.1 Å². The minimum atomic E-state index is -4.26. The van der Waals surface area contributed by atoms with Crippen LogP contribution in [0.15, 0.2) is 42.0 Å². The third kappa shape index (κ3) is 3.38. The van der Waals surface area contributed by atoms with E-state index in [0.717, 1.165) is 5.57 Å². The van der Waals surface area contributed by atoms with Gasteiger partial charge in [0.2, 0.25) is 0 Å². The van der Waals surface area contributed by atoms with Crippen LogP contribution < -0.4 is 9.64 Å². The molecule has 1 aliphatic carbocycles. The minimum absolute atomic E-state index is 0.219. The Balaban J connectivity index is 1.80. The minimum Gasteiger partial charge on any atom is -0.497 e. The summed E-state index contributed by atoms with van der Waals surface area (Å²) in [4.78, 5) is 1.90. The average Bonchev–Trinajstić information content (AvgIpc) is 2.62. The first-order valence-electron chi connectivity index (χ1n) is 8.68. The molecule has 1 unspecified atom stereocenters. The highest BCUT2D eigenvalue weighted by atomic mass is 32.2. The molecule has 1 saturated heterocycles. The summed E-state index contributed by atoms with van der Waals surface area (Å²) in [6.07, 6.45) is 6.60. The molecule has 5 nitrogen and oxygen atoms in total. The summed E-state index contributed by atoms with van der Waals surface area (Å²) in [5.74, 6) is 0.0293. The monoisotopic (exact) mass is 381 g/mol. The molecule has 1 heterocycles. The Labute approximate surface area is 153 Å². The molecule has 3 rings (SSSR count). The van der Waals surface area contributed by atoms with Gasteiger partial charge in [0.25, 0.3) is 10.1 Å². The first-order chi connectivity index (χ1) is 12.3. The van der Waals surface area contributed by atoms with Crippen molar-refractivity contribution >= 4 is 15.8 Å². The number of anilines is 1. The second-order valence-corrected chi connectivity index (χ2v) is 8.70. The van der Waals surface area contributed by atoms with E-state index in [1.54, 1.807) is 24.3 Å². The van der Waals surface area contributed by atoms with Crippen molar-refractivity contribution in [1.29, 1.82) is 0 Å². The highest BCUT2D eigenvalue weighted by Gasteiger charge is 2.48. The maximum atomic E-state index is 14.2. The molecule has 26 heavy (non-hydrogen) atoms. The van der Waals surface area contributed by atoms with Gasteiger partial charge in [-0.1, -0.05) is 23.8 Å². The number of ether oxygens (including phenoxy) is 1. The van der Waals surface area contributed by atoms with Gasteiger partial charge < -0.3 is 9.64 Å². The Hall–Kier alpha value is -1.86. The van der Waals surface area contributed by atoms with E-state index in [1.165, 1.54) is 13.2 Å². The Morgan fingerprint density at radius 2 is 2.00 bits per heavy atom. The van der Waals surface area contributed by atoms with Gasteiger partial charge in [-0.3, -0.25) is 4.55 Å². The van der Waals surface area contributed by atoms with Crippen LogP contribution in [-0.4, -0.2) is 37.9 Å². The van der Waals surface area contributed by atoms with Crippen molar-refractivity contribution in [2.75, 3.05) is 25.1 Å². The fraction of sp³-hybridized carbons (Fsp3) is 0.474. The quantitative estimate of drug-likeness (QED) is 0.808. The van der Waals surface area contributed by atoms with Gasteiger partial charge in [-0.2, -0.15) is 8.42 Å². The SMILES string of the molecule is COc1ccc(F)c(N2CCC(C3(S(=O)(=O)O)C=CC(C)=CC3)CC2)c1. The molecule has 0 saturated carbocycles. The van der Waals surface area contributed by atoms with Crippen molar-refractivity contribution in [3.05, 3.63) is 47.8 Å². The average molecular weight is 381 g/mol. The number of benzene rings is 1. The number of methoxy groups -OCH3 is 1. The molecular weight excluding hydrogens is 357 g/mol. The van der Waals surface area contributed by atoms with E-state index in [4.69, 9.17) is 4.74 Å². The number of hydrogen-bond acceptors (Lipinski definition) is 4. The van der Waals surface area contributed by atoms with Gasteiger partial charge >= 0.3 is 0 Å².